The Balaban J connectivity index is 2.42. The van der Waals surface area contributed by atoms with Gasteiger partial charge >= 0.3 is 0 Å². The van der Waals surface area contributed by atoms with Crippen LogP contribution in [0.4, 0.5) is 4.39 Å². The third kappa shape index (κ3) is 2.01. The number of nitrogens with one attached hydrogen (secondary N) is 1. The molecule has 16 heavy (non-hydrogen) atoms. The zero-order chi connectivity index (χ0) is 11.7. The highest BCUT2D eigenvalue weighted by Gasteiger charge is 2.24. The number of aromatic hydroxyl groups is 2. The van der Waals surface area contributed by atoms with Crippen molar-refractivity contribution in [2.24, 2.45) is 0 Å². The second-order valence-electron chi connectivity index (χ2n) is 3.98. The minimum atomic E-state index is -0.464. The van der Waals surface area contributed by atoms with Crippen LogP contribution in [-0.2, 0) is 0 Å². The Kier molecular flexibility index (Phi) is 3.35. The zero-order valence-corrected chi connectivity index (χ0v) is 10.2. The molecule has 3 N–H and O–H groups in total. The number of rotatable bonds is 1. The molecular weight excluding hydrogens is 277 g/mol. The Morgan fingerprint density at radius 1 is 1.31 bits per heavy atom. The largest absolute Gasteiger partial charge is 0.504 e. The first-order valence-electron chi connectivity index (χ1n) is 5.21. The van der Waals surface area contributed by atoms with Gasteiger partial charge in [0.1, 0.15) is 5.82 Å². The molecule has 0 aliphatic carbocycles. The molecule has 2 rings (SSSR count). The van der Waals surface area contributed by atoms with Crippen LogP contribution in [0.25, 0.3) is 0 Å². The van der Waals surface area contributed by atoms with Crippen LogP contribution in [0.2, 0.25) is 0 Å². The molecule has 0 unspecified atom stereocenters. The van der Waals surface area contributed by atoms with Crippen molar-refractivity contribution in [3.05, 3.63) is 21.9 Å². The topological polar surface area (TPSA) is 52.5 Å². The monoisotopic (exact) mass is 289 g/mol. The maximum Gasteiger partial charge on any atom is 0.172 e. The van der Waals surface area contributed by atoms with E-state index in [9.17, 15) is 14.6 Å². The molecule has 1 aromatic rings. The Morgan fingerprint density at radius 2 is 1.94 bits per heavy atom. The van der Waals surface area contributed by atoms with E-state index in [1.165, 1.54) is 0 Å². The van der Waals surface area contributed by atoms with Gasteiger partial charge in [-0.2, -0.15) is 0 Å². The Labute approximate surface area is 101 Å². The number of hydrogen-bond donors (Lipinski definition) is 3. The van der Waals surface area contributed by atoms with E-state index in [2.05, 4.69) is 21.2 Å². The van der Waals surface area contributed by atoms with Crippen molar-refractivity contribution in [2.45, 2.75) is 18.8 Å². The highest BCUT2D eigenvalue weighted by Crippen LogP contribution is 2.42. The smallest absolute Gasteiger partial charge is 0.172 e. The fourth-order valence-electron chi connectivity index (χ4n) is 2.10. The summed E-state index contributed by atoms with van der Waals surface area (Å²) < 4.78 is 14.0. The number of phenols is 2. The van der Waals surface area contributed by atoms with Gasteiger partial charge in [-0.05, 0) is 47.8 Å². The lowest BCUT2D eigenvalue weighted by molar-refractivity contribution is 0.389. The van der Waals surface area contributed by atoms with E-state index >= 15 is 0 Å². The fraction of sp³-hybridized carbons (Fsp3) is 0.455. The highest BCUT2D eigenvalue weighted by atomic mass is 79.9. The molecule has 1 heterocycles. The van der Waals surface area contributed by atoms with Gasteiger partial charge < -0.3 is 15.5 Å². The molecule has 1 fully saturated rings. The molecule has 0 bridgehead atoms. The van der Waals surface area contributed by atoms with Crippen LogP contribution >= 0.6 is 15.9 Å². The Bertz CT molecular complexity index is 405. The van der Waals surface area contributed by atoms with Crippen LogP contribution in [0.5, 0.6) is 11.5 Å². The van der Waals surface area contributed by atoms with Crippen LogP contribution in [0.15, 0.2) is 10.5 Å². The maximum absolute atomic E-state index is 13.8. The second kappa shape index (κ2) is 4.59. The van der Waals surface area contributed by atoms with Gasteiger partial charge in [0.25, 0.3) is 0 Å². The fourth-order valence-corrected chi connectivity index (χ4v) is 2.81. The molecular formula is C11H13BrFNO2. The lowest BCUT2D eigenvalue weighted by atomic mass is 9.89. The lowest BCUT2D eigenvalue weighted by Crippen LogP contribution is -2.27. The van der Waals surface area contributed by atoms with Gasteiger partial charge in [-0.25, -0.2) is 4.39 Å². The summed E-state index contributed by atoms with van der Waals surface area (Å²) in [7, 11) is 0. The summed E-state index contributed by atoms with van der Waals surface area (Å²) in [5.74, 6) is -1.09. The molecule has 0 aromatic heterocycles. The third-order valence-electron chi connectivity index (χ3n) is 2.96. The molecule has 1 aliphatic heterocycles. The first-order chi connectivity index (χ1) is 7.61. The van der Waals surface area contributed by atoms with E-state index in [0.29, 0.717) is 5.56 Å². The van der Waals surface area contributed by atoms with Gasteiger partial charge in [-0.3, -0.25) is 0 Å². The maximum atomic E-state index is 13.8. The predicted octanol–water partition coefficient (Wildman–Crippen LogP) is 2.47. The minimum absolute atomic E-state index is 0.0853. The van der Waals surface area contributed by atoms with E-state index < -0.39 is 11.6 Å². The first kappa shape index (κ1) is 11.7. The van der Waals surface area contributed by atoms with Gasteiger partial charge in [0, 0.05) is 11.6 Å². The number of phenolic OH excluding ortho intramolecular Hbond substituents is 2. The molecule has 1 saturated heterocycles. The number of hydrogen-bond acceptors (Lipinski definition) is 3. The second-order valence-corrected chi connectivity index (χ2v) is 4.77. The number of halogens is 2. The van der Waals surface area contributed by atoms with Crippen LogP contribution in [0.1, 0.15) is 24.3 Å². The molecule has 0 radical (unpaired) electrons. The van der Waals surface area contributed by atoms with Gasteiger partial charge in [-0.1, -0.05) is 0 Å². The molecule has 5 heteroatoms. The summed E-state index contributed by atoms with van der Waals surface area (Å²) in [6.45, 7) is 1.69. The average molecular weight is 290 g/mol. The highest BCUT2D eigenvalue weighted by molar-refractivity contribution is 9.10. The first-order valence-corrected chi connectivity index (χ1v) is 6.01. The van der Waals surface area contributed by atoms with Gasteiger partial charge in [0.2, 0.25) is 0 Å². The van der Waals surface area contributed by atoms with Crippen LogP contribution < -0.4 is 5.32 Å². The van der Waals surface area contributed by atoms with Crippen LogP contribution in [0, 0.1) is 5.82 Å². The summed E-state index contributed by atoms with van der Waals surface area (Å²) >= 11 is 3.15. The van der Waals surface area contributed by atoms with Crippen molar-refractivity contribution in [3.8, 4) is 11.5 Å². The van der Waals surface area contributed by atoms with Crippen molar-refractivity contribution in [2.75, 3.05) is 13.1 Å². The molecule has 3 nitrogen and oxygen atoms in total. The van der Waals surface area contributed by atoms with E-state index in [1.807, 2.05) is 0 Å². The van der Waals surface area contributed by atoms with E-state index in [-0.39, 0.29) is 16.1 Å². The summed E-state index contributed by atoms with van der Waals surface area (Å²) in [6, 6.07) is 0.970. The van der Waals surface area contributed by atoms with Crippen LogP contribution in [-0.4, -0.2) is 23.3 Å². The lowest BCUT2D eigenvalue weighted by Gasteiger charge is -2.24. The standard InChI is InChI=1S/C11H13BrFNO2/c12-10-9(6-1-3-14-4-2-6)7(13)5-8(15)11(10)16/h5-6,14-16H,1-4H2. The molecule has 1 aliphatic rings. The molecule has 88 valence electrons. The van der Waals surface area contributed by atoms with Crippen molar-refractivity contribution < 1.29 is 14.6 Å². The van der Waals surface area contributed by atoms with Crippen LogP contribution in [0.3, 0.4) is 0 Å². The molecule has 0 atom stereocenters. The minimum Gasteiger partial charge on any atom is -0.504 e. The predicted molar refractivity (Wildman–Crippen MR) is 62.3 cm³/mol. The van der Waals surface area contributed by atoms with Gasteiger partial charge in [0.15, 0.2) is 11.5 Å². The van der Waals surface area contributed by atoms with Crippen molar-refractivity contribution in [1.82, 2.24) is 5.32 Å². The molecule has 0 amide bonds. The summed E-state index contributed by atoms with van der Waals surface area (Å²) in [5.41, 5.74) is 0.469. The zero-order valence-electron chi connectivity index (χ0n) is 8.63. The molecule has 0 saturated carbocycles. The summed E-state index contributed by atoms with van der Waals surface area (Å²) in [5, 5.41) is 22.0. The summed E-state index contributed by atoms with van der Waals surface area (Å²) in [4.78, 5) is 0. The third-order valence-corrected chi connectivity index (χ3v) is 3.76. The SMILES string of the molecule is Oc1cc(F)c(C2CCNCC2)c(Br)c1O. The Hall–Kier alpha value is -0.810. The number of piperidine rings is 1. The quantitative estimate of drug-likeness (QED) is 0.696. The van der Waals surface area contributed by atoms with Crippen molar-refractivity contribution in [1.29, 1.82) is 0 Å². The van der Waals surface area contributed by atoms with Crippen molar-refractivity contribution in [3.63, 3.8) is 0 Å². The average Bonchev–Trinajstić information content (AvgIpc) is 2.28. The van der Waals surface area contributed by atoms with Crippen molar-refractivity contribution >= 4 is 15.9 Å². The van der Waals surface area contributed by atoms with Gasteiger partial charge in [-0.15, -0.1) is 0 Å². The summed E-state index contributed by atoms with van der Waals surface area (Å²) in [6.07, 6.45) is 1.67. The van der Waals surface area contributed by atoms with Gasteiger partial charge in [0.05, 0.1) is 4.47 Å². The normalized spacial score (nSPS) is 17.6. The van der Waals surface area contributed by atoms with E-state index in [0.717, 1.165) is 32.0 Å². The van der Waals surface area contributed by atoms with E-state index in [4.69, 9.17) is 0 Å². The Morgan fingerprint density at radius 3 is 2.56 bits per heavy atom. The van der Waals surface area contributed by atoms with E-state index in [1.54, 1.807) is 0 Å². The number of benzene rings is 1. The molecule has 0 spiro atoms. The molecule has 1 aromatic carbocycles.